The maximum absolute atomic E-state index is 10.9. The fraction of sp³-hybridized carbons (Fsp3) is 0.444. The first kappa shape index (κ1) is 30.7. The van der Waals surface area contributed by atoms with Crippen LogP contribution in [0.1, 0.15) is 0 Å². The summed E-state index contributed by atoms with van der Waals surface area (Å²) in [6, 6.07) is 5.85. The van der Waals surface area contributed by atoms with Gasteiger partial charge in [0.2, 0.25) is 17.8 Å². The van der Waals surface area contributed by atoms with Gasteiger partial charge in [0.05, 0.1) is 32.0 Å². The van der Waals surface area contributed by atoms with E-state index in [1.807, 2.05) is 0 Å². The fourth-order valence-corrected chi connectivity index (χ4v) is 4.83. The first-order valence-electron chi connectivity index (χ1n) is 13.0. The molecule has 10 N–H and O–H groups in total. The molecule has 3 aromatic rings. The summed E-state index contributed by atoms with van der Waals surface area (Å²) >= 11 is 0. The van der Waals surface area contributed by atoms with E-state index in [1.165, 1.54) is 25.3 Å². The first-order valence-corrected chi connectivity index (χ1v) is 13.0. The molecule has 2 aromatic carbocycles. The third-order valence-corrected chi connectivity index (χ3v) is 7.17. The van der Waals surface area contributed by atoms with Gasteiger partial charge in [-0.3, -0.25) is 0 Å². The second kappa shape index (κ2) is 12.1. The van der Waals surface area contributed by atoms with Gasteiger partial charge >= 0.3 is 11.3 Å². The van der Waals surface area contributed by atoms with Crippen LogP contribution in [0.15, 0.2) is 34.7 Å². The van der Waals surface area contributed by atoms with Gasteiger partial charge in [0.15, 0.2) is 23.9 Å². The number of phenolic OH excluding ortho intramolecular Hbond substituents is 4. The lowest BCUT2D eigenvalue weighted by atomic mass is 9.98. The summed E-state index contributed by atoms with van der Waals surface area (Å²) in [5.41, 5.74) is 0.0151. The minimum absolute atomic E-state index is 0.0298. The Morgan fingerprint density at radius 3 is 2.28 bits per heavy atom. The first-order chi connectivity index (χ1) is 20.4. The Balaban J connectivity index is 1.60. The molecule has 2 aliphatic heterocycles. The third-order valence-electron chi connectivity index (χ3n) is 7.17. The number of fused-ring (bicyclic) bond motifs is 1. The fourth-order valence-electron chi connectivity index (χ4n) is 4.83. The summed E-state index contributed by atoms with van der Waals surface area (Å²) < 4.78 is 33.7. The zero-order valence-electron chi connectivity index (χ0n) is 22.4. The minimum atomic E-state index is -1.82. The highest BCUT2D eigenvalue weighted by Gasteiger charge is 2.50. The lowest BCUT2D eigenvalue weighted by Crippen LogP contribution is -2.63. The molecule has 234 valence electrons. The van der Waals surface area contributed by atoms with E-state index >= 15 is 0 Å². The summed E-state index contributed by atoms with van der Waals surface area (Å²) in [5, 5.41) is 102. The molecule has 0 radical (unpaired) electrons. The van der Waals surface area contributed by atoms with Crippen molar-refractivity contribution < 1.29 is 79.2 Å². The van der Waals surface area contributed by atoms with Gasteiger partial charge in [-0.25, -0.2) is 4.42 Å². The Hall–Kier alpha value is -3.71. The lowest BCUT2D eigenvalue weighted by molar-refractivity contribution is -0.344. The number of aromatic hydroxyl groups is 4. The van der Waals surface area contributed by atoms with Gasteiger partial charge < -0.3 is 74.7 Å². The van der Waals surface area contributed by atoms with Crippen molar-refractivity contribution >= 4 is 11.0 Å². The number of ether oxygens (including phenoxy) is 5. The number of hydrogen-bond donors (Lipinski definition) is 10. The molecule has 2 aliphatic rings. The van der Waals surface area contributed by atoms with Crippen LogP contribution in [0.3, 0.4) is 0 Å². The molecule has 0 aliphatic carbocycles. The van der Waals surface area contributed by atoms with Gasteiger partial charge in [0, 0.05) is 24.3 Å². The van der Waals surface area contributed by atoms with E-state index in [1.54, 1.807) is 0 Å². The molecule has 16 nitrogen and oxygen atoms in total. The Bertz CT molecular complexity index is 1460. The molecule has 1 aromatic heterocycles. The van der Waals surface area contributed by atoms with Crippen molar-refractivity contribution in [1.82, 2.24) is 0 Å². The number of phenols is 4. The topological polar surface area (TPSA) is 260 Å². The summed E-state index contributed by atoms with van der Waals surface area (Å²) in [4.78, 5) is 0. The van der Waals surface area contributed by atoms with Crippen molar-refractivity contribution in [3.8, 4) is 45.8 Å². The number of hydrogen-bond acceptors (Lipinski definition) is 15. The quantitative estimate of drug-likeness (QED) is 0.112. The molecular weight excluding hydrogens is 580 g/mol. The SMILES string of the molecule is COc1cc(-c2[o+]c3cc(O)cc(O)c3cc2OC2OC(CO)C(O)C(O)C2OC2OCC(O)C(O)C2O)cc(O)c1O. The van der Waals surface area contributed by atoms with Crippen molar-refractivity contribution in [1.29, 1.82) is 0 Å². The summed E-state index contributed by atoms with van der Waals surface area (Å²) in [7, 11) is 1.24. The van der Waals surface area contributed by atoms with Gasteiger partial charge in [-0.05, 0) is 0 Å². The Morgan fingerprint density at radius 1 is 0.837 bits per heavy atom. The van der Waals surface area contributed by atoms with Crippen molar-refractivity contribution in [3.05, 3.63) is 30.3 Å². The lowest BCUT2D eigenvalue weighted by Gasteiger charge is -2.44. The zero-order valence-corrected chi connectivity index (χ0v) is 22.4. The monoisotopic (exact) mass is 611 g/mol. The Labute approximate surface area is 242 Å². The van der Waals surface area contributed by atoms with E-state index in [0.717, 1.165) is 12.1 Å². The molecule has 5 rings (SSSR count). The second-order valence-corrected chi connectivity index (χ2v) is 10.0. The molecule has 0 amide bonds. The van der Waals surface area contributed by atoms with Crippen molar-refractivity contribution in [2.75, 3.05) is 20.3 Å². The highest BCUT2D eigenvalue weighted by atomic mass is 16.8. The van der Waals surface area contributed by atoms with Crippen LogP contribution in [0.25, 0.3) is 22.3 Å². The van der Waals surface area contributed by atoms with Gasteiger partial charge in [0.25, 0.3) is 0 Å². The zero-order chi connectivity index (χ0) is 31.2. The van der Waals surface area contributed by atoms with Gasteiger partial charge in [-0.2, -0.15) is 0 Å². The average Bonchev–Trinajstić information content (AvgIpc) is 2.97. The number of aliphatic hydroxyl groups is 6. The van der Waals surface area contributed by atoms with Crippen LogP contribution in [0.4, 0.5) is 0 Å². The largest absolute Gasteiger partial charge is 0.507 e. The van der Waals surface area contributed by atoms with Crippen LogP contribution in [0.2, 0.25) is 0 Å². The predicted octanol–water partition coefficient (Wildman–Crippen LogP) is -1.15. The van der Waals surface area contributed by atoms with Gasteiger partial charge in [-0.15, -0.1) is 0 Å². The average molecular weight is 612 g/mol. The van der Waals surface area contributed by atoms with Crippen molar-refractivity contribution in [2.24, 2.45) is 0 Å². The number of rotatable bonds is 7. The van der Waals surface area contributed by atoms with E-state index in [0.29, 0.717) is 0 Å². The minimum Gasteiger partial charge on any atom is -0.507 e. The normalized spacial score (nSPS) is 31.2. The Morgan fingerprint density at radius 2 is 1.58 bits per heavy atom. The van der Waals surface area contributed by atoms with E-state index in [4.69, 9.17) is 28.1 Å². The molecule has 0 saturated carbocycles. The van der Waals surface area contributed by atoms with Crippen LogP contribution in [0.5, 0.6) is 34.5 Å². The van der Waals surface area contributed by atoms with Crippen LogP contribution >= 0.6 is 0 Å². The summed E-state index contributed by atoms with van der Waals surface area (Å²) in [6.45, 7) is -1.21. The molecule has 9 atom stereocenters. The molecule has 43 heavy (non-hydrogen) atoms. The van der Waals surface area contributed by atoms with Crippen LogP contribution in [0, 0.1) is 0 Å². The molecule has 0 spiro atoms. The molecule has 2 saturated heterocycles. The molecule has 3 heterocycles. The highest BCUT2D eigenvalue weighted by Crippen LogP contribution is 2.45. The van der Waals surface area contributed by atoms with E-state index in [2.05, 4.69) is 0 Å². The maximum atomic E-state index is 10.9. The molecule has 2 fully saturated rings. The molecular formula is C27H31O16+. The maximum Gasteiger partial charge on any atom is 0.402 e. The number of benzene rings is 2. The van der Waals surface area contributed by atoms with E-state index in [-0.39, 0.29) is 39.5 Å². The second-order valence-electron chi connectivity index (χ2n) is 10.0. The van der Waals surface area contributed by atoms with Crippen LogP contribution < -0.4 is 9.47 Å². The van der Waals surface area contributed by atoms with Crippen LogP contribution in [-0.2, 0) is 14.2 Å². The molecule has 9 unspecified atom stereocenters. The van der Waals surface area contributed by atoms with E-state index < -0.39 is 85.8 Å². The predicted molar refractivity (Wildman–Crippen MR) is 140 cm³/mol. The highest BCUT2D eigenvalue weighted by molar-refractivity contribution is 5.88. The smallest absolute Gasteiger partial charge is 0.402 e. The molecule has 16 heteroatoms. The molecule has 0 bridgehead atoms. The van der Waals surface area contributed by atoms with Gasteiger partial charge in [0.1, 0.15) is 53.5 Å². The number of aliphatic hydroxyl groups excluding tert-OH is 6. The summed E-state index contributed by atoms with van der Waals surface area (Å²) in [6.07, 6.45) is -14.8. The standard InChI is InChI=1S/C27H30O16/c1-38-16-3-9(2-13(31)19(16)33)24-17(6-11-12(30)4-10(29)5-15(11)40-24)41-27-25(22(36)21(35)18(7-28)42-27)43-26-23(37)20(34)14(32)8-39-26/h2-6,14,18,20-23,25-28,32,34-37H,7-8H2,1H3,(H3-,29,30,31,33)/p+1. The Kier molecular flexibility index (Phi) is 8.66. The van der Waals surface area contributed by atoms with Crippen molar-refractivity contribution in [2.45, 2.75) is 55.3 Å². The van der Waals surface area contributed by atoms with Gasteiger partial charge in [-0.1, -0.05) is 0 Å². The third kappa shape index (κ3) is 5.79. The van der Waals surface area contributed by atoms with E-state index in [9.17, 15) is 51.1 Å². The van der Waals surface area contributed by atoms with Crippen LogP contribution in [-0.4, -0.2) is 127 Å². The number of methoxy groups -OCH3 is 1. The summed E-state index contributed by atoms with van der Waals surface area (Å²) in [5.74, 6) is -2.52. The van der Waals surface area contributed by atoms with Crippen molar-refractivity contribution in [3.63, 3.8) is 0 Å².